The van der Waals surface area contributed by atoms with Gasteiger partial charge in [0.15, 0.2) is 5.82 Å². The zero-order valence-electron chi connectivity index (χ0n) is 20.2. The first-order valence-corrected chi connectivity index (χ1v) is 11.6. The van der Waals surface area contributed by atoms with E-state index in [1.807, 2.05) is 26.8 Å². The summed E-state index contributed by atoms with van der Waals surface area (Å²) >= 11 is 6.49. The van der Waals surface area contributed by atoms with Crippen molar-refractivity contribution in [2.24, 2.45) is 0 Å². The van der Waals surface area contributed by atoms with Gasteiger partial charge in [-0.2, -0.15) is 0 Å². The molecule has 0 aliphatic rings. The number of hydrogen-bond acceptors (Lipinski definition) is 5. The van der Waals surface area contributed by atoms with Crippen LogP contribution in [0.25, 0.3) is 0 Å². The third-order valence-corrected chi connectivity index (χ3v) is 5.31. The molecule has 1 heterocycles. The van der Waals surface area contributed by atoms with E-state index in [2.05, 4.69) is 15.8 Å². The minimum atomic E-state index is -1.04. The molecule has 35 heavy (non-hydrogen) atoms. The largest absolute Gasteiger partial charge is 0.360 e. The van der Waals surface area contributed by atoms with Crippen LogP contribution in [0.4, 0.5) is 11.5 Å². The number of rotatable bonds is 8. The summed E-state index contributed by atoms with van der Waals surface area (Å²) in [5.41, 5.74) is 0.451. The molecule has 9 heteroatoms. The average molecular weight is 497 g/mol. The molecule has 3 amide bonds. The first kappa shape index (κ1) is 26.0. The SMILES string of the molecule is Cc1cc(NC(=O)CCC(=O)N(c2ccccc2)[C@H](C(=O)NC(C)(C)C)c2ccccc2Cl)no1. The predicted octanol–water partition coefficient (Wildman–Crippen LogP) is 5.04. The Bertz CT molecular complexity index is 1190. The summed E-state index contributed by atoms with van der Waals surface area (Å²) in [4.78, 5) is 41.0. The van der Waals surface area contributed by atoms with Crippen LogP contribution in [0, 0.1) is 6.92 Å². The Morgan fingerprint density at radius 1 is 1.03 bits per heavy atom. The van der Waals surface area contributed by atoms with Crippen molar-refractivity contribution in [3.8, 4) is 0 Å². The van der Waals surface area contributed by atoms with Crippen molar-refractivity contribution >= 4 is 40.8 Å². The highest BCUT2D eigenvalue weighted by molar-refractivity contribution is 6.31. The van der Waals surface area contributed by atoms with Crippen LogP contribution in [-0.2, 0) is 14.4 Å². The first-order valence-electron chi connectivity index (χ1n) is 11.2. The minimum absolute atomic E-state index is 0.107. The molecule has 0 spiro atoms. The summed E-state index contributed by atoms with van der Waals surface area (Å²) in [6, 6.07) is 16.3. The number of nitrogens with one attached hydrogen (secondary N) is 2. The maximum atomic E-state index is 13.6. The first-order chi connectivity index (χ1) is 16.5. The van der Waals surface area contributed by atoms with E-state index in [1.165, 1.54) is 4.90 Å². The fourth-order valence-corrected chi connectivity index (χ4v) is 3.77. The van der Waals surface area contributed by atoms with Gasteiger partial charge in [0, 0.05) is 40.7 Å². The number of anilines is 2. The van der Waals surface area contributed by atoms with E-state index in [9.17, 15) is 14.4 Å². The van der Waals surface area contributed by atoms with Gasteiger partial charge in [-0.15, -0.1) is 0 Å². The normalized spacial score (nSPS) is 12.0. The lowest BCUT2D eigenvalue weighted by Gasteiger charge is -2.34. The van der Waals surface area contributed by atoms with E-state index >= 15 is 0 Å². The van der Waals surface area contributed by atoms with Crippen molar-refractivity contribution in [2.45, 2.75) is 52.1 Å². The third kappa shape index (κ3) is 7.16. The number of halogens is 1. The van der Waals surface area contributed by atoms with Crippen LogP contribution >= 0.6 is 11.6 Å². The Hall–Kier alpha value is -3.65. The zero-order chi connectivity index (χ0) is 25.6. The molecule has 2 aromatic carbocycles. The summed E-state index contributed by atoms with van der Waals surface area (Å²) < 4.78 is 4.95. The Labute approximate surface area is 209 Å². The van der Waals surface area contributed by atoms with Crippen LogP contribution < -0.4 is 15.5 Å². The highest BCUT2D eigenvalue weighted by Crippen LogP contribution is 2.33. The van der Waals surface area contributed by atoms with Gasteiger partial charge >= 0.3 is 0 Å². The van der Waals surface area contributed by atoms with E-state index in [0.29, 0.717) is 22.0 Å². The van der Waals surface area contributed by atoms with Crippen molar-refractivity contribution in [1.82, 2.24) is 10.5 Å². The number of benzene rings is 2. The van der Waals surface area contributed by atoms with Gasteiger partial charge in [0.05, 0.1) is 0 Å². The lowest BCUT2D eigenvalue weighted by molar-refractivity contribution is -0.128. The Balaban J connectivity index is 1.93. The molecule has 2 N–H and O–H groups in total. The quantitative estimate of drug-likeness (QED) is 0.454. The second-order valence-electron chi connectivity index (χ2n) is 9.13. The van der Waals surface area contributed by atoms with Crippen LogP contribution in [0.15, 0.2) is 65.2 Å². The summed E-state index contributed by atoms with van der Waals surface area (Å²) in [5.74, 6) is -0.354. The molecule has 3 aromatic rings. The average Bonchev–Trinajstić information content (AvgIpc) is 3.20. The van der Waals surface area contributed by atoms with E-state index < -0.39 is 23.4 Å². The third-order valence-electron chi connectivity index (χ3n) is 4.97. The Morgan fingerprint density at radius 3 is 2.29 bits per heavy atom. The van der Waals surface area contributed by atoms with Gasteiger partial charge in [-0.05, 0) is 45.9 Å². The summed E-state index contributed by atoms with van der Waals surface area (Å²) in [7, 11) is 0. The molecule has 1 atom stereocenters. The number of hydrogen-bond donors (Lipinski definition) is 2. The molecule has 1 aromatic heterocycles. The van der Waals surface area contributed by atoms with Gasteiger partial charge in [-0.1, -0.05) is 53.2 Å². The molecular formula is C26H29ClN4O4. The maximum Gasteiger partial charge on any atom is 0.248 e. The maximum absolute atomic E-state index is 13.6. The fourth-order valence-electron chi connectivity index (χ4n) is 3.53. The molecule has 184 valence electrons. The van der Waals surface area contributed by atoms with E-state index in [-0.39, 0.29) is 24.6 Å². The van der Waals surface area contributed by atoms with Crippen molar-refractivity contribution in [2.75, 3.05) is 10.2 Å². The van der Waals surface area contributed by atoms with Gasteiger partial charge in [-0.25, -0.2) is 0 Å². The molecule has 0 saturated carbocycles. The Morgan fingerprint density at radius 2 is 1.69 bits per heavy atom. The van der Waals surface area contributed by atoms with Gasteiger partial charge in [0.2, 0.25) is 17.7 Å². The fraction of sp³-hybridized carbons (Fsp3) is 0.308. The van der Waals surface area contributed by atoms with Crippen LogP contribution in [0.5, 0.6) is 0 Å². The molecule has 0 radical (unpaired) electrons. The van der Waals surface area contributed by atoms with Crippen molar-refractivity contribution < 1.29 is 18.9 Å². The molecule has 0 unspecified atom stereocenters. The number of amides is 3. The summed E-state index contributed by atoms with van der Waals surface area (Å²) in [6.07, 6.45) is -0.245. The van der Waals surface area contributed by atoms with Crippen LogP contribution in [0.3, 0.4) is 0 Å². The highest BCUT2D eigenvalue weighted by Gasteiger charge is 2.35. The molecule has 0 bridgehead atoms. The van der Waals surface area contributed by atoms with Crippen molar-refractivity contribution in [1.29, 1.82) is 0 Å². The minimum Gasteiger partial charge on any atom is -0.360 e. The van der Waals surface area contributed by atoms with Crippen molar-refractivity contribution in [3.05, 3.63) is 77.0 Å². The standard InChI is InChI=1S/C26H29ClN4O4/c1-17-16-21(30-35-17)28-22(32)14-15-23(33)31(18-10-6-5-7-11-18)24(25(34)29-26(2,3)4)19-12-8-9-13-20(19)27/h5-13,16,24H,14-15H2,1-4H3,(H,29,34)(H,28,30,32)/t24-/m0/s1. The van der Waals surface area contributed by atoms with Gasteiger partial charge in [0.1, 0.15) is 11.8 Å². The number of carbonyl (C=O) groups is 3. The summed E-state index contributed by atoms with van der Waals surface area (Å²) in [5, 5.41) is 9.65. The molecule has 0 saturated heterocycles. The lowest BCUT2D eigenvalue weighted by atomic mass is 10.00. The van der Waals surface area contributed by atoms with E-state index in [4.69, 9.17) is 16.1 Å². The topological polar surface area (TPSA) is 105 Å². The molecule has 0 aliphatic carbocycles. The zero-order valence-corrected chi connectivity index (χ0v) is 20.9. The van der Waals surface area contributed by atoms with Crippen LogP contribution in [0.1, 0.15) is 51.0 Å². The number of aryl methyl sites for hydroxylation is 1. The van der Waals surface area contributed by atoms with Crippen molar-refractivity contribution in [3.63, 3.8) is 0 Å². The van der Waals surface area contributed by atoms with Gasteiger partial charge in [-0.3, -0.25) is 19.3 Å². The molecule has 0 fully saturated rings. The predicted molar refractivity (Wildman–Crippen MR) is 135 cm³/mol. The number of aromatic nitrogens is 1. The Kier molecular flexibility index (Phi) is 8.30. The number of nitrogens with zero attached hydrogens (tertiary/aromatic N) is 2. The van der Waals surface area contributed by atoms with Crippen LogP contribution in [0.2, 0.25) is 5.02 Å². The van der Waals surface area contributed by atoms with E-state index in [0.717, 1.165) is 0 Å². The monoisotopic (exact) mass is 496 g/mol. The number of para-hydroxylation sites is 1. The van der Waals surface area contributed by atoms with Gasteiger partial charge < -0.3 is 15.2 Å². The molecule has 0 aliphatic heterocycles. The molecule has 8 nitrogen and oxygen atoms in total. The smallest absolute Gasteiger partial charge is 0.248 e. The number of carbonyl (C=O) groups excluding carboxylic acids is 3. The second kappa shape index (κ2) is 11.2. The summed E-state index contributed by atoms with van der Waals surface area (Å²) in [6.45, 7) is 7.29. The molecule has 3 rings (SSSR count). The highest BCUT2D eigenvalue weighted by atomic mass is 35.5. The van der Waals surface area contributed by atoms with Crippen LogP contribution in [-0.4, -0.2) is 28.4 Å². The van der Waals surface area contributed by atoms with E-state index in [1.54, 1.807) is 61.5 Å². The lowest BCUT2D eigenvalue weighted by Crippen LogP contribution is -2.49. The molecular weight excluding hydrogens is 468 g/mol. The van der Waals surface area contributed by atoms with Gasteiger partial charge in [0.25, 0.3) is 0 Å². The second-order valence-corrected chi connectivity index (χ2v) is 9.54.